The zero-order chi connectivity index (χ0) is 15.4. The van der Waals surface area contributed by atoms with Crippen molar-refractivity contribution in [2.75, 3.05) is 5.32 Å². The van der Waals surface area contributed by atoms with Gasteiger partial charge in [0, 0.05) is 11.1 Å². The van der Waals surface area contributed by atoms with E-state index >= 15 is 0 Å². The van der Waals surface area contributed by atoms with Gasteiger partial charge < -0.3 is 5.32 Å². The Balaban J connectivity index is 1.75. The summed E-state index contributed by atoms with van der Waals surface area (Å²) in [6.07, 6.45) is 1.68. The van der Waals surface area contributed by atoms with Gasteiger partial charge in [-0.05, 0) is 31.2 Å². The number of carbonyl (C=O) groups is 1. The van der Waals surface area contributed by atoms with E-state index in [1.165, 1.54) is 0 Å². The summed E-state index contributed by atoms with van der Waals surface area (Å²) in [4.78, 5) is 16.6. The molecule has 0 atom stereocenters. The van der Waals surface area contributed by atoms with Crippen LogP contribution in [-0.4, -0.2) is 10.9 Å². The SMILES string of the molecule is Cc1cccc(C(=O)Nc2ccc(-c3ccccc3)nc2)c1. The van der Waals surface area contributed by atoms with E-state index < -0.39 is 0 Å². The Kier molecular flexibility index (Phi) is 3.97. The molecule has 1 aromatic heterocycles. The second-order valence-electron chi connectivity index (χ2n) is 5.12. The zero-order valence-electron chi connectivity index (χ0n) is 12.3. The van der Waals surface area contributed by atoms with Crippen molar-refractivity contribution in [1.82, 2.24) is 4.98 Å². The van der Waals surface area contributed by atoms with Gasteiger partial charge in [0.05, 0.1) is 17.6 Å². The molecule has 0 radical (unpaired) electrons. The van der Waals surface area contributed by atoms with Gasteiger partial charge in [-0.2, -0.15) is 0 Å². The lowest BCUT2D eigenvalue weighted by Crippen LogP contribution is -2.12. The number of carbonyl (C=O) groups excluding carboxylic acids is 1. The van der Waals surface area contributed by atoms with Gasteiger partial charge in [0.2, 0.25) is 0 Å². The number of hydrogen-bond acceptors (Lipinski definition) is 2. The number of rotatable bonds is 3. The molecule has 0 aliphatic heterocycles. The average Bonchev–Trinajstić information content (AvgIpc) is 2.56. The number of benzene rings is 2. The molecule has 1 amide bonds. The Morgan fingerprint density at radius 1 is 0.955 bits per heavy atom. The maximum atomic E-state index is 12.2. The number of pyridine rings is 1. The smallest absolute Gasteiger partial charge is 0.255 e. The third-order valence-corrected chi connectivity index (χ3v) is 3.37. The molecule has 0 unspecified atom stereocenters. The molecule has 0 fully saturated rings. The van der Waals surface area contributed by atoms with Crippen LogP contribution >= 0.6 is 0 Å². The Morgan fingerprint density at radius 2 is 1.77 bits per heavy atom. The molecule has 1 heterocycles. The van der Waals surface area contributed by atoms with E-state index in [-0.39, 0.29) is 5.91 Å². The summed E-state index contributed by atoms with van der Waals surface area (Å²) in [6.45, 7) is 1.97. The van der Waals surface area contributed by atoms with E-state index in [1.807, 2.05) is 67.6 Å². The molecule has 3 heteroatoms. The van der Waals surface area contributed by atoms with E-state index in [0.29, 0.717) is 11.3 Å². The lowest BCUT2D eigenvalue weighted by atomic mass is 10.1. The largest absolute Gasteiger partial charge is 0.321 e. The highest BCUT2D eigenvalue weighted by Crippen LogP contribution is 2.18. The number of nitrogens with one attached hydrogen (secondary N) is 1. The molecule has 0 aliphatic carbocycles. The quantitative estimate of drug-likeness (QED) is 0.780. The lowest BCUT2D eigenvalue weighted by Gasteiger charge is -2.07. The second kappa shape index (κ2) is 6.22. The predicted octanol–water partition coefficient (Wildman–Crippen LogP) is 4.31. The molecule has 0 spiro atoms. The summed E-state index contributed by atoms with van der Waals surface area (Å²) < 4.78 is 0. The van der Waals surface area contributed by atoms with E-state index in [9.17, 15) is 4.79 Å². The molecular weight excluding hydrogens is 272 g/mol. The highest BCUT2D eigenvalue weighted by Gasteiger charge is 2.06. The molecule has 1 N–H and O–H groups in total. The molecule has 108 valence electrons. The molecule has 22 heavy (non-hydrogen) atoms. The van der Waals surface area contributed by atoms with Crippen molar-refractivity contribution in [3.8, 4) is 11.3 Å². The predicted molar refractivity (Wildman–Crippen MR) is 88.8 cm³/mol. The molecule has 0 bridgehead atoms. The number of hydrogen-bond donors (Lipinski definition) is 1. The first-order chi connectivity index (χ1) is 10.7. The fourth-order valence-corrected chi connectivity index (χ4v) is 2.24. The normalized spacial score (nSPS) is 10.2. The summed E-state index contributed by atoms with van der Waals surface area (Å²) in [5.74, 6) is -0.127. The van der Waals surface area contributed by atoms with Crippen molar-refractivity contribution in [2.45, 2.75) is 6.92 Å². The van der Waals surface area contributed by atoms with Crippen molar-refractivity contribution in [1.29, 1.82) is 0 Å². The van der Waals surface area contributed by atoms with Crippen LogP contribution in [0.5, 0.6) is 0 Å². The van der Waals surface area contributed by atoms with Crippen molar-refractivity contribution in [3.63, 3.8) is 0 Å². The van der Waals surface area contributed by atoms with Gasteiger partial charge in [0.25, 0.3) is 5.91 Å². The van der Waals surface area contributed by atoms with Crippen molar-refractivity contribution in [2.24, 2.45) is 0 Å². The van der Waals surface area contributed by atoms with E-state index in [2.05, 4.69) is 10.3 Å². The van der Waals surface area contributed by atoms with Crippen LogP contribution in [0, 0.1) is 6.92 Å². The highest BCUT2D eigenvalue weighted by atomic mass is 16.1. The van der Waals surface area contributed by atoms with Crippen LogP contribution in [0.4, 0.5) is 5.69 Å². The Morgan fingerprint density at radius 3 is 2.45 bits per heavy atom. The molecule has 3 aromatic rings. The van der Waals surface area contributed by atoms with Crippen LogP contribution in [0.2, 0.25) is 0 Å². The van der Waals surface area contributed by atoms with Gasteiger partial charge in [0.15, 0.2) is 0 Å². The third kappa shape index (κ3) is 3.20. The first-order valence-corrected chi connectivity index (χ1v) is 7.12. The van der Waals surface area contributed by atoms with Gasteiger partial charge in [0.1, 0.15) is 0 Å². The molecule has 0 aliphatic rings. The molecular formula is C19H16N2O. The second-order valence-corrected chi connectivity index (χ2v) is 5.12. The highest BCUT2D eigenvalue weighted by molar-refractivity contribution is 6.04. The number of amides is 1. The fraction of sp³-hybridized carbons (Fsp3) is 0.0526. The summed E-state index contributed by atoms with van der Waals surface area (Å²) in [5.41, 5.74) is 4.33. The first-order valence-electron chi connectivity index (χ1n) is 7.12. The van der Waals surface area contributed by atoms with E-state index in [1.54, 1.807) is 12.3 Å². The zero-order valence-corrected chi connectivity index (χ0v) is 12.3. The molecule has 2 aromatic carbocycles. The first kappa shape index (κ1) is 14.0. The Hall–Kier alpha value is -2.94. The van der Waals surface area contributed by atoms with E-state index in [0.717, 1.165) is 16.8 Å². The van der Waals surface area contributed by atoms with Crippen LogP contribution in [0.25, 0.3) is 11.3 Å². The molecule has 3 rings (SSSR count). The Labute approximate surface area is 129 Å². The number of anilines is 1. The standard InChI is InChI=1S/C19H16N2O/c1-14-6-5-9-16(12-14)19(22)21-17-10-11-18(20-13-17)15-7-3-2-4-8-15/h2-13H,1H3,(H,21,22). The average molecular weight is 288 g/mol. The summed E-state index contributed by atoms with van der Waals surface area (Å²) in [5, 5.41) is 2.86. The van der Waals surface area contributed by atoms with Crippen LogP contribution in [0.3, 0.4) is 0 Å². The van der Waals surface area contributed by atoms with Crippen LogP contribution < -0.4 is 5.32 Å². The minimum Gasteiger partial charge on any atom is -0.321 e. The van der Waals surface area contributed by atoms with Crippen LogP contribution in [-0.2, 0) is 0 Å². The Bertz CT molecular complexity index is 780. The minimum atomic E-state index is -0.127. The molecule has 0 saturated carbocycles. The van der Waals surface area contributed by atoms with Gasteiger partial charge in [-0.1, -0.05) is 48.0 Å². The van der Waals surface area contributed by atoms with Crippen LogP contribution in [0.1, 0.15) is 15.9 Å². The lowest BCUT2D eigenvalue weighted by molar-refractivity contribution is 0.102. The summed E-state index contributed by atoms with van der Waals surface area (Å²) in [7, 11) is 0. The topological polar surface area (TPSA) is 42.0 Å². The summed E-state index contributed by atoms with van der Waals surface area (Å²) in [6, 6.07) is 21.2. The van der Waals surface area contributed by atoms with Crippen molar-refractivity contribution in [3.05, 3.63) is 84.1 Å². The van der Waals surface area contributed by atoms with Gasteiger partial charge >= 0.3 is 0 Å². The number of aromatic nitrogens is 1. The monoisotopic (exact) mass is 288 g/mol. The third-order valence-electron chi connectivity index (χ3n) is 3.37. The van der Waals surface area contributed by atoms with Gasteiger partial charge in [-0.15, -0.1) is 0 Å². The van der Waals surface area contributed by atoms with Crippen molar-refractivity contribution < 1.29 is 4.79 Å². The number of aryl methyl sites for hydroxylation is 1. The fourth-order valence-electron chi connectivity index (χ4n) is 2.24. The molecule has 0 saturated heterocycles. The van der Waals surface area contributed by atoms with Crippen molar-refractivity contribution >= 4 is 11.6 Å². The maximum Gasteiger partial charge on any atom is 0.255 e. The molecule has 3 nitrogen and oxygen atoms in total. The maximum absolute atomic E-state index is 12.2. The van der Waals surface area contributed by atoms with Gasteiger partial charge in [-0.3, -0.25) is 9.78 Å². The van der Waals surface area contributed by atoms with Gasteiger partial charge in [-0.25, -0.2) is 0 Å². The number of nitrogens with zero attached hydrogens (tertiary/aromatic N) is 1. The summed E-state index contributed by atoms with van der Waals surface area (Å²) >= 11 is 0. The minimum absolute atomic E-state index is 0.127. The van der Waals surface area contributed by atoms with Crippen LogP contribution in [0.15, 0.2) is 72.9 Å². The van der Waals surface area contributed by atoms with E-state index in [4.69, 9.17) is 0 Å².